The molecular weight excluding hydrogens is 483 g/mol. The van der Waals surface area contributed by atoms with E-state index in [1.807, 2.05) is 0 Å². The first-order chi connectivity index (χ1) is 9.20. The van der Waals surface area contributed by atoms with E-state index in [0.29, 0.717) is 0 Å². The van der Waals surface area contributed by atoms with Gasteiger partial charge in [-0.3, -0.25) is 29.0 Å². The van der Waals surface area contributed by atoms with Gasteiger partial charge in [-0.1, -0.05) is 0 Å². The van der Waals surface area contributed by atoms with Gasteiger partial charge in [-0.2, -0.15) is 0 Å². The second-order valence-electron chi connectivity index (χ2n) is 4.00. The first-order valence-electron chi connectivity index (χ1n) is 5.52. The molecule has 0 aromatic heterocycles. The fourth-order valence-corrected chi connectivity index (χ4v) is 1.48. The van der Waals surface area contributed by atoms with Crippen molar-refractivity contribution in [3.63, 3.8) is 0 Å². The Balaban J connectivity index is 0. The van der Waals surface area contributed by atoms with Crippen LogP contribution in [0.1, 0.15) is 0 Å². The molecule has 0 saturated heterocycles. The summed E-state index contributed by atoms with van der Waals surface area (Å²) < 4.78 is 0. The average molecular weight is 499 g/mol. The van der Waals surface area contributed by atoms with E-state index < -0.39 is 50.1 Å². The molecular formula is C10H16N2O8Pb+2. The smallest absolute Gasteiger partial charge is 0.480 e. The van der Waals surface area contributed by atoms with Crippen LogP contribution in [0.2, 0.25) is 0 Å². The summed E-state index contributed by atoms with van der Waals surface area (Å²) in [6.07, 6.45) is 0. The number of nitrogens with zero attached hydrogens (tertiary/aromatic N) is 2. The number of aliphatic carboxylic acids is 4. The van der Waals surface area contributed by atoms with Crippen LogP contribution in [0.3, 0.4) is 0 Å². The number of carbonyl (C=O) groups is 4. The SMILES string of the molecule is O=C(O)CN(CCN(CC(=O)O)CC(=O)O)CC(=O)O.[Pb+2]. The summed E-state index contributed by atoms with van der Waals surface area (Å²) in [6, 6.07) is 0. The summed E-state index contributed by atoms with van der Waals surface area (Å²) in [6.45, 7) is -2.25. The third-order valence-electron chi connectivity index (χ3n) is 2.17. The van der Waals surface area contributed by atoms with E-state index in [9.17, 15) is 19.2 Å². The maximum atomic E-state index is 10.6. The number of hydrogen-bond acceptors (Lipinski definition) is 6. The van der Waals surface area contributed by atoms with Crippen LogP contribution in [0.4, 0.5) is 0 Å². The number of rotatable bonds is 11. The van der Waals surface area contributed by atoms with E-state index in [0.717, 1.165) is 9.80 Å². The third kappa shape index (κ3) is 13.5. The third-order valence-corrected chi connectivity index (χ3v) is 2.17. The summed E-state index contributed by atoms with van der Waals surface area (Å²) in [5, 5.41) is 34.5. The van der Waals surface area contributed by atoms with Crippen molar-refractivity contribution < 1.29 is 39.6 Å². The van der Waals surface area contributed by atoms with E-state index in [-0.39, 0.29) is 40.4 Å². The zero-order chi connectivity index (χ0) is 15.7. The molecule has 0 fully saturated rings. The van der Waals surface area contributed by atoms with Crippen molar-refractivity contribution in [2.45, 2.75) is 0 Å². The summed E-state index contributed by atoms with van der Waals surface area (Å²) in [5.41, 5.74) is 0. The zero-order valence-electron chi connectivity index (χ0n) is 11.1. The second kappa shape index (κ2) is 11.4. The Bertz CT molecular complexity index is 321. The quantitative estimate of drug-likeness (QED) is 0.225. The zero-order valence-corrected chi connectivity index (χ0v) is 14.9. The molecule has 0 atom stereocenters. The molecule has 4 N–H and O–H groups in total. The van der Waals surface area contributed by atoms with E-state index in [2.05, 4.69) is 0 Å². The Kier molecular flexibility index (Phi) is 11.9. The Morgan fingerprint density at radius 2 is 0.762 bits per heavy atom. The molecule has 0 amide bonds. The van der Waals surface area contributed by atoms with E-state index >= 15 is 0 Å². The van der Waals surface area contributed by atoms with Crippen LogP contribution in [-0.2, 0) is 19.2 Å². The minimum Gasteiger partial charge on any atom is -0.480 e. The second-order valence-corrected chi connectivity index (χ2v) is 4.00. The molecule has 10 nitrogen and oxygen atoms in total. The summed E-state index contributed by atoms with van der Waals surface area (Å²) in [5.74, 6) is -4.91. The van der Waals surface area contributed by atoms with Gasteiger partial charge in [0.25, 0.3) is 0 Å². The van der Waals surface area contributed by atoms with E-state index in [4.69, 9.17) is 20.4 Å². The van der Waals surface area contributed by atoms with Crippen LogP contribution < -0.4 is 0 Å². The first-order valence-corrected chi connectivity index (χ1v) is 5.52. The topological polar surface area (TPSA) is 156 Å². The van der Waals surface area contributed by atoms with Crippen LogP contribution >= 0.6 is 0 Å². The van der Waals surface area contributed by atoms with Gasteiger partial charge in [0.2, 0.25) is 0 Å². The molecule has 0 bridgehead atoms. The maximum absolute atomic E-state index is 10.6. The molecule has 2 radical (unpaired) electrons. The van der Waals surface area contributed by atoms with Crippen LogP contribution in [0.25, 0.3) is 0 Å². The first kappa shape index (κ1) is 22.0. The Morgan fingerprint density at radius 3 is 0.905 bits per heavy atom. The summed E-state index contributed by atoms with van der Waals surface area (Å²) in [7, 11) is 0. The van der Waals surface area contributed by atoms with Crippen molar-refractivity contribution in [3.05, 3.63) is 0 Å². The molecule has 0 aliphatic heterocycles. The number of hydrogen-bond donors (Lipinski definition) is 4. The van der Waals surface area contributed by atoms with Crippen molar-refractivity contribution in [1.82, 2.24) is 9.80 Å². The van der Waals surface area contributed by atoms with Gasteiger partial charge in [-0.05, 0) is 0 Å². The maximum Gasteiger partial charge on any atom is 2.00 e. The molecule has 0 saturated carbocycles. The molecule has 0 aromatic rings. The molecule has 0 spiro atoms. The number of carboxylic acids is 4. The fourth-order valence-electron chi connectivity index (χ4n) is 1.48. The minimum atomic E-state index is -1.23. The van der Waals surface area contributed by atoms with Crippen LogP contribution in [0.15, 0.2) is 0 Å². The minimum absolute atomic E-state index is 0. The molecule has 0 rings (SSSR count). The van der Waals surface area contributed by atoms with Crippen molar-refractivity contribution in [2.75, 3.05) is 39.3 Å². The van der Waals surface area contributed by atoms with Crippen LogP contribution in [-0.4, -0.2) is 121 Å². The Morgan fingerprint density at radius 1 is 0.571 bits per heavy atom. The summed E-state index contributed by atoms with van der Waals surface area (Å²) >= 11 is 0. The molecule has 11 heteroatoms. The molecule has 0 aromatic carbocycles. The van der Waals surface area contributed by atoms with Crippen LogP contribution in [0.5, 0.6) is 0 Å². The normalized spacial score (nSPS) is 10.2. The standard InChI is InChI=1S/C10H16N2O8.Pb/c13-7(14)3-11(4-8(15)16)1-2-12(5-9(17)18)6-10(19)20;/h1-6H2,(H,13,14)(H,15,16)(H,17,18)(H,19,20);/q;+2. The van der Waals surface area contributed by atoms with Crippen molar-refractivity contribution in [2.24, 2.45) is 0 Å². The average Bonchev–Trinajstić information content (AvgIpc) is 2.22. The van der Waals surface area contributed by atoms with Crippen molar-refractivity contribution in [3.8, 4) is 0 Å². The van der Waals surface area contributed by atoms with Crippen LogP contribution in [0, 0.1) is 0 Å². The van der Waals surface area contributed by atoms with Gasteiger partial charge in [-0.25, -0.2) is 0 Å². The van der Waals surface area contributed by atoms with Gasteiger partial charge >= 0.3 is 51.2 Å². The van der Waals surface area contributed by atoms with Gasteiger partial charge in [0.05, 0.1) is 26.2 Å². The number of carboxylic acid groups (broad SMARTS) is 4. The van der Waals surface area contributed by atoms with Crippen molar-refractivity contribution in [1.29, 1.82) is 0 Å². The molecule has 0 unspecified atom stereocenters. The van der Waals surface area contributed by atoms with E-state index in [1.54, 1.807) is 0 Å². The van der Waals surface area contributed by atoms with Gasteiger partial charge in [0.1, 0.15) is 0 Å². The predicted octanol–water partition coefficient (Wildman–Crippen LogP) is -2.45. The molecule has 0 aliphatic carbocycles. The molecule has 21 heavy (non-hydrogen) atoms. The van der Waals surface area contributed by atoms with Gasteiger partial charge in [0.15, 0.2) is 0 Å². The Hall–Kier alpha value is -1.28. The summed E-state index contributed by atoms with van der Waals surface area (Å²) in [4.78, 5) is 44.4. The Labute approximate surface area is 140 Å². The monoisotopic (exact) mass is 500 g/mol. The molecule has 0 heterocycles. The largest absolute Gasteiger partial charge is 2.00 e. The van der Waals surface area contributed by atoms with Gasteiger partial charge < -0.3 is 20.4 Å². The van der Waals surface area contributed by atoms with E-state index in [1.165, 1.54) is 0 Å². The van der Waals surface area contributed by atoms with Gasteiger partial charge in [-0.15, -0.1) is 0 Å². The van der Waals surface area contributed by atoms with Crippen molar-refractivity contribution >= 4 is 51.2 Å². The fraction of sp³-hybridized carbons (Fsp3) is 0.600. The van der Waals surface area contributed by atoms with Gasteiger partial charge in [0, 0.05) is 13.1 Å². The predicted molar refractivity (Wildman–Crippen MR) is 69.2 cm³/mol. The molecule has 0 aliphatic rings. The molecule has 116 valence electrons.